The van der Waals surface area contributed by atoms with Crippen LogP contribution in [0.25, 0.3) is 0 Å². The number of anilines is 1. The average molecular weight is 345 g/mol. The molecule has 0 aromatic heterocycles. The lowest BCUT2D eigenvalue weighted by Gasteiger charge is -2.16. The zero-order chi connectivity index (χ0) is 15.4. The normalized spacial score (nSPS) is 10.8. The topological polar surface area (TPSA) is 21.3 Å². The average Bonchev–Trinajstić information content (AvgIpc) is 2.42. The van der Waals surface area contributed by atoms with Gasteiger partial charge in [-0.15, -0.1) is 0 Å². The second kappa shape index (κ2) is 7.26. The van der Waals surface area contributed by atoms with Crippen molar-refractivity contribution in [3.63, 3.8) is 0 Å². The molecule has 0 fully saturated rings. The van der Waals surface area contributed by atoms with Crippen LogP contribution >= 0.6 is 34.8 Å². The van der Waals surface area contributed by atoms with Crippen molar-refractivity contribution in [2.45, 2.75) is 26.5 Å². The van der Waals surface area contributed by atoms with Crippen molar-refractivity contribution in [3.05, 3.63) is 57.0 Å². The second-order valence-corrected chi connectivity index (χ2v) is 6.18. The predicted octanol–water partition coefficient (Wildman–Crippen LogP) is 6.05. The van der Waals surface area contributed by atoms with E-state index in [2.05, 4.69) is 5.32 Å². The summed E-state index contributed by atoms with van der Waals surface area (Å²) in [7, 11) is 0. The number of hydrogen-bond acceptors (Lipinski definition) is 2. The number of halogens is 3. The molecule has 0 aliphatic carbocycles. The molecule has 0 heterocycles. The Morgan fingerprint density at radius 3 is 2.38 bits per heavy atom. The maximum atomic E-state index is 6.14. The van der Waals surface area contributed by atoms with E-state index in [0.717, 1.165) is 17.0 Å². The summed E-state index contributed by atoms with van der Waals surface area (Å²) in [5, 5.41) is 5.17. The third kappa shape index (κ3) is 4.70. The SMILES string of the molecule is CC(C)Oc1ccc(Cl)cc1CNc1cc(Cl)ccc1Cl. The van der Waals surface area contributed by atoms with Gasteiger partial charge in [-0.05, 0) is 50.2 Å². The minimum Gasteiger partial charge on any atom is -0.491 e. The number of benzene rings is 2. The summed E-state index contributed by atoms with van der Waals surface area (Å²) in [5.74, 6) is 0.806. The molecule has 5 heteroatoms. The lowest BCUT2D eigenvalue weighted by molar-refractivity contribution is 0.240. The van der Waals surface area contributed by atoms with Crippen LogP contribution in [0.15, 0.2) is 36.4 Å². The summed E-state index contributed by atoms with van der Waals surface area (Å²) in [5.41, 5.74) is 1.74. The fourth-order valence-corrected chi connectivity index (χ4v) is 2.43. The van der Waals surface area contributed by atoms with Gasteiger partial charge < -0.3 is 10.1 Å². The summed E-state index contributed by atoms with van der Waals surface area (Å²) in [6.07, 6.45) is 0.0969. The van der Waals surface area contributed by atoms with Crippen molar-refractivity contribution in [2.75, 3.05) is 5.32 Å². The van der Waals surface area contributed by atoms with Gasteiger partial charge >= 0.3 is 0 Å². The third-order valence-electron chi connectivity index (χ3n) is 2.78. The molecule has 2 aromatic carbocycles. The first-order chi connectivity index (χ1) is 9.95. The molecular weight excluding hydrogens is 329 g/mol. The van der Waals surface area contributed by atoms with Crippen molar-refractivity contribution < 1.29 is 4.74 Å². The molecule has 0 amide bonds. The molecule has 1 N–H and O–H groups in total. The smallest absolute Gasteiger partial charge is 0.124 e. The van der Waals surface area contributed by atoms with Gasteiger partial charge in [0.2, 0.25) is 0 Å². The van der Waals surface area contributed by atoms with Crippen LogP contribution in [0.4, 0.5) is 5.69 Å². The van der Waals surface area contributed by atoms with Crippen molar-refractivity contribution in [1.29, 1.82) is 0 Å². The maximum Gasteiger partial charge on any atom is 0.124 e. The van der Waals surface area contributed by atoms with E-state index >= 15 is 0 Å². The van der Waals surface area contributed by atoms with E-state index in [-0.39, 0.29) is 6.10 Å². The van der Waals surface area contributed by atoms with E-state index in [1.54, 1.807) is 18.2 Å². The molecule has 0 spiro atoms. The van der Waals surface area contributed by atoms with Crippen LogP contribution in [0.1, 0.15) is 19.4 Å². The van der Waals surface area contributed by atoms with E-state index in [0.29, 0.717) is 21.6 Å². The first kappa shape index (κ1) is 16.3. The Bertz CT molecular complexity index is 629. The Morgan fingerprint density at radius 2 is 1.67 bits per heavy atom. The molecule has 0 unspecified atom stereocenters. The van der Waals surface area contributed by atoms with Crippen LogP contribution in [0.2, 0.25) is 15.1 Å². The monoisotopic (exact) mass is 343 g/mol. The van der Waals surface area contributed by atoms with E-state index in [1.807, 2.05) is 32.0 Å². The van der Waals surface area contributed by atoms with Crippen LogP contribution < -0.4 is 10.1 Å². The van der Waals surface area contributed by atoms with Gasteiger partial charge in [0.05, 0.1) is 16.8 Å². The highest BCUT2D eigenvalue weighted by molar-refractivity contribution is 6.35. The van der Waals surface area contributed by atoms with Crippen molar-refractivity contribution in [2.24, 2.45) is 0 Å². The van der Waals surface area contributed by atoms with Gasteiger partial charge in [-0.2, -0.15) is 0 Å². The maximum absolute atomic E-state index is 6.14. The fourth-order valence-electron chi connectivity index (χ4n) is 1.88. The van der Waals surface area contributed by atoms with Gasteiger partial charge in [0.15, 0.2) is 0 Å². The Balaban J connectivity index is 2.18. The molecule has 2 nitrogen and oxygen atoms in total. The minimum absolute atomic E-state index is 0.0969. The summed E-state index contributed by atoms with van der Waals surface area (Å²) in [6, 6.07) is 10.9. The van der Waals surface area contributed by atoms with Gasteiger partial charge in [-0.3, -0.25) is 0 Å². The molecule has 0 aliphatic rings. The molecule has 0 radical (unpaired) electrons. The van der Waals surface area contributed by atoms with Gasteiger partial charge in [-0.25, -0.2) is 0 Å². The standard InChI is InChI=1S/C16H16Cl3NO/c1-10(2)21-16-6-4-12(17)7-11(16)9-20-15-8-13(18)3-5-14(15)19/h3-8,10,20H,9H2,1-2H3. The lowest BCUT2D eigenvalue weighted by atomic mass is 10.2. The number of hydrogen-bond donors (Lipinski definition) is 1. The minimum atomic E-state index is 0.0969. The Hall–Kier alpha value is -1.09. The molecule has 21 heavy (non-hydrogen) atoms. The number of nitrogens with one attached hydrogen (secondary N) is 1. The fraction of sp³-hybridized carbons (Fsp3) is 0.250. The molecule has 2 aromatic rings. The van der Waals surface area contributed by atoms with Gasteiger partial charge in [0.25, 0.3) is 0 Å². The Morgan fingerprint density at radius 1 is 1.00 bits per heavy atom. The number of ether oxygens (including phenoxy) is 1. The number of rotatable bonds is 5. The van der Waals surface area contributed by atoms with E-state index in [9.17, 15) is 0 Å². The molecular formula is C16H16Cl3NO. The first-order valence-corrected chi connectivity index (χ1v) is 7.73. The predicted molar refractivity (Wildman–Crippen MR) is 91.0 cm³/mol. The zero-order valence-corrected chi connectivity index (χ0v) is 14.1. The molecule has 0 saturated carbocycles. The summed E-state index contributed by atoms with van der Waals surface area (Å²) < 4.78 is 5.79. The summed E-state index contributed by atoms with van der Waals surface area (Å²) >= 11 is 18.2. The van der Waals surface area contributed by atoms with Crippen LogP contribution in [0.3, 0.4) is 0 Å². The van der Waals surface area contributed by atoms with Crippen LogP contribution in [0.5, 0.6) is 5.75 Å². The Labute approximate surface area is 140 Å². The van der Waals surface area contributed by atoms with Gasteiger partial charge in [0, 0.05) is 22.2 Å². The highest BCUT2D eigenvalue weighted by Crippen LogP contribution is 2.28. The quantitative estimate of drug-likeness (QED) is 0.713. The summed E-state index contributed by atoms with van der Waals surface area (Å²) in [4.78, 5) is 0. The largest absolute Gasteiger partial charge is 0.491 e. The zero-order valence-electron chi connectivity index (χ0n) is 11.8. The lowest BCUT2D eigenvalue weighted by Crippen LogP contribution is -2.09. The van der Waals surface area contributed by atoms with Crippen LogP contribution in [0, 0.1) is 0 Å². The second-order valence-electron chi connectivity index (χ2n) is 4.90. The highest BCUT2D eigenvalue weighted by atomic mass is 35.5. The Kier molecular flexibility index (Phi) is 5.63. The molecule has 0 aliphatic heterocycles. The molecule has 2 rings (SSSR count). The van der Waals surface area contributed by atoms with Crippen molar-refractivity contribution in [1.82, 2.24) is 0 Å². The van der Waals surface area contributed by atoms with E-state index < -0.39 is 0 Å². The van der Waals surface area contributed by atoms with Crippen molar-refractivity contribution >= 4 is 40.5 Å². The summed E-state index contributed by atoms with van der Waals surface area (Å²) in [6.45, 7) is 4.52. The third-order valence-corrected chi connectivity index (χ3v) is 3.58. The van der Waals surface area contributed by atoms with Gasteiger partial charge in [-0.1, -0.05) is 34.8 Å². The van der Waals surface area contributed by atoms with Crippen LogP contribution in [-0.4, -0.2) is 6.10 Å². The first-order valence-electron chi connectivity index (χ1n) is 6.59. The van der Waals surface area contributed by atoms with E-state index in [4.69, 9.17) is 39.5 Å². The van der Waals surface area contributed by atoms with E-state index in [1.165, 1.54) is 0 Å². The molecule has 0 atom stereocenters. The van der Waals surface area contributed by atoms with Crippen LogP contribution in [-0.2, 0) is 6.54 Å². The van der Waals surface area contributed by atoms with Gasteiger partial charge in [0.1, 0.15) is 5.75 Å². The molecule has 0 bridgehead atoms. The molecule has 0 saturated heterocycles. The van der Waals surface area contributed by atoms with Crippen molar-refractivity contribution in [3.8, 4) is 5.75 Å². The highest BCUT2D eigenvalue weighted by Gasteiger charge is 2.08. The molecule has 112 valence electrons.